The number of amides is 4. The zero-order valence-electron chi connectivity index (χ0n) is 14.5. The molecule has 0 saturated carbocycles. The third-order valence-electron chi connectivity index (χ3n) is 4.79. The van der Waals surface area contributed by atoms with Crippen molar-refractivity contribution in [1.82, 2.24) is 9.80 Å². The third kappa shape index (κ3) is 3.67. The van der Waals surface area contributed by atoms with Gasteiger partial charge in [-0.15, -0.1) is 0 Å². The van der Waals surface area contributed by atoms with E-state index in [4.69, 9.17) is 9.47 Å². The van der Waals surface area contributed by atoms with Gasteiger partial charge in [-0.3, -0.25) is 19.4 Å². The first kappa shape index (κ1) is 17.8. The number of hydrogen-bond acceptors (Lipinski definition) is 5. The molecule has 0 aromatic carbocycles. The topological polar surface area (TPSA) is 76.2 Å². The van der Waals surface area contributed by atoms with Crippen molar-refractivity contribution in [3.8, 4) is 0 Å². The normalized spacial score (nSPS) is 28.0. The summed E-state index contributed by atoms with van der Waals surface area (Å²) < 4.78 is 10.8. The first-order valence-electron chi connectivity index (χ1n) is 8.90. The minimum atomic E-state index is -0.530. The van der Waals surface area contributed by atoms with Crippen molar-refractivity contribution in [2.45, 2.75) is 44.8 Å². The van der Waals surface area contributed by atoms with Crippen LogP contribution < -0.4 is 0 Å². The number of barbiturate groups is 1. The second-order valence-electron chi connectivity index (χ2n) is 6.37. The van der Waals surface area contributed by atoms with Crippen molar-refractivity contribution in [3.05, 3.63) is 23.8 Å². The van der Waals surface area contributed by atoms with E-state index in [0.717, 1.165) is 24.3 Å². The lowest BCUT2D eigenvalue weighted by molar-refractivity contribution is -0.138. The molecule has 3 heterocycles. The van der Waals surface area contributed by atoms with Gasteiger partial charge in [0.2, 0.25) is 0 Å². The number of carbonyl (C=O) groups is 3. The second-order valence-corrected chi connectivity index (χ2v) is 6.37. The fourth-order valence-electron chi connectivity index (χ4n) is 3.39. The lowest BCUT2D eigenvalue weighted by atomic mass is 10.0. The second kappa shape index (κ2) is 7.93. The summed E-state index contributed by atoms with van der Waals surface area (Å²) in [5.74, 6) is -1.04. The number of urea groups is 1. The van der Waals surface area contributed by atoms with Crippen LogP contribution in [0.3, 0.4) is 0 Å². The molecule has 0 N–H and O–H groups in total. The summed E-state index contributed by atoms with van der Waals surface area (Å²) in [7, 11) is 0. The molecule has 3 saturated heterocycles. The number of likely N-dealkylation sites (N-methyl/N-ethyl adjacent to an activating group) is 1. The number of carbonyl (C=O) groups excluding carboxylic acids is 3. The van der Waals surface area contributed by atoms with Gasteiger partial charge in [0.1, 0.15) is 5.57 Å². The van der Waals surface area contributed by atoms with Gasteiger partial charge in [0.05, 0.1) is 6.10 Å². The van der Waals surface area contributed by atoms with E-state index in [1.807, 2.05) is 6.08 Å². The molecule has 0 aromatic rings. The molecule has 136 valence electrons. The first-order valence-corrected chi connectivity index (χ1v) is 8.90. The van der Waals surface area contributed by atoms with Crippen LogP contribution >= 0.6 is 0 Å². The maximum absolute atomic E-state index is 12.8. The van der Waals surface area contributed by atoms with E-state index in [-0.39, 0.29) is 24.3 Å². The zero-order valence-corrected chi connectivity index (χ0v) is 14.5. The first-order chi connectivity index (χ1) is 12.1. The Morgan fingerprint density at radius 2 is 1.84 bits per heavy atom. The Labute approximate surface area is 147 Å². The van der Waals surface area contributed by atoms with Crippen LogP contribution in [0, 0.1) is 0 Å². The van der Waals surface area contributed by atoms with Crippen LogP contribution in [0.15, 0.2) is 23.8 Å². The van der Waals surface area contributed by atoms with Crippen LogP contribution in [0.2, 0.25) is 0 Å². The fraction of sp³-hybridized carbons (Fsp3) is 0.611. The summed E-state index contributed by atoms with van der Waals surface area (Å²) in [6.45, 7) is 3.73. The number of nitrogens with zero attached hydrogens (tertiary/aromatic N) is 2. The van der Waals surface area contributed by atoms with Crippen LogP contribution in [0.25, 0.3) is 0 Å². The predicted molar refractivity (Wildman–Crippen MR) is 89.7 cm³/mol. The van der Waals surface area contributed by atoms with E-state index < -0.39 is 17.8 Å². The summed E-state index contributed by atoms with van der Waals surface area (Å²) in [5.41, 5.74) is 0.0298. The van der Waals surface area contributed by atoms with Crippen LogP contribution in [-0.4, -0.2) is 66.2 Å². The summed E-state index contributed by atoms with van der Waals surface area (Å²) in [5, 5.41) is 0. The lowest BCUT2D eigenvalue weighted by Gasteiger charge is -2.39. The molecule has 0 radical (unpaired) electrons. The van der Waals surface area contributed by atoms with Gasteiger partial charge in [0, 0.05) is 32.4 Å². The molecule has 7 nitrogen and oxygen atoms in total. The number of allylic oxidation sites excluding steroid dienone is 2. The lowest BCUT2D eigenvalue weighted by Crippen LogP contribution is -2.60. The molecule has 0 spiro atoms. The fourth-order valence-corrected chi connectivity index (χ4v) is 3.39. The Morgan fingerprint density at radius 3 is 2.48 bits per heavy atom. The minimum absolute atomic E-state index is 0.0288. The zero-order chi connectivity index (χ0) is 17.8. The van der Waals surface area contributed by atoms with Crippen LogP contribution in [0.1, 0.15) is 32.6 Å². The molecule has 0 aliphatic carbocycles. The summed E-state index contributed by atoms with van der Waals surface area (Å²) >= 11 is 0. The molecular weight excluding hydrogens is 324 g/mol. The van der Waals surface area contributed by atoms with Crippen molar-refractivity contribution in [3.63, 3.8) is 0 Å². The highest BCUT2D eigenvalue weighted by atomic mass is 16.5. The van der Waals surface area contributed by atoms with Gasteiger partial charge in [0.15, 0.2) is 0 Å². The van der Waals surface area contributed by atoms with Gasteiger partial charge in [-0.05, 0) is 38.7 Å². The number of ether oxygens (including phenoxy) is 2. The molecule has 3 fully saturated rings. The van der Waals surface area contributed by atoms with Crippen LogP contribution in [-0.2, 0) is 19.1 Å². The highest BCUT2D eigenvalue weighted by molar-refractivity contribution is 6.28. The van der Waals surface area contributed by atoms with E-state index in [0.29, 0.717) is 26.1 Å². The molecule has 3 aliphatic rings. The molecule has 3 aliphatic heterocycles. The monoisotopic (exact) mass is 348 g/mol. The Kier molecular flexibility index (Phi) is 5.65. The Morgan fingerprint density at radius 1 is 1.08 bits per heavy atom. The van der Waals surface area contributed by atoms with Gasteiger partial charge in [-0.1, -0.05) is 12.2 Å². The van der Waals surface area contributed by atoms with Gasteiger partial charge in [-0.2, -0.15) is 0 Å². The van der Waals surface area contributed by atoms with Crippen molar-refractivity contribution in [2.75, 3.05) is 26.4 Å². The van der Waals surface area contributed by atoms with Crippen molar-refractivity contribution in [2.24, 2.45) is 0 Å². The average molecular weight is 348 g/mol. The molecule has 0 bridgehead atoms. The third-order valence-corrected chi connectivity index (χ3v) is 4.79. The van der Waals surface area contributed by atoms with Gasteiger partial charge >= 0.3 is 6.03 Å². The Balaban J connectivity index is 1.83. The largest absolute Gasteiger partial charge is 0.381 e. The van der Waals surface area contributed by atoms with E-state index in [2.05, 4.69) is 0 Å². The quantitative estimate of drug-likeness (QED) is 0.570. The molecule has 7 heteroatoms. The summed E-state index contributed by atoms with van der Waals surface area (Å²) in [6.07, 6.45) is 8.23. The van der Waals surface area contributed by atoms with E-state index in [1.165, 1.54) is 11.0 Å². The SMILES string of the molecule is CCN1C(=O)/C(=C\C=C\C2CCCO2)C(=O)N(C2CCOCC2)C1=O. The van der Waals surface area contributed by atoms with E-state index >= 15 is 0 Å². The van der Waals surface area contributed by atoms with Crippen molar-refractivity contribution >= 4 is 17.8 Å². The summed E-state index contributed by atoms with van der Waals surface area (Å²) in [4.78, 5) is 40.3. The Bertz CT molecular complexity index is 601. The summed E-state index contributed by atoms with van der Waals surface area (Å²) in [6, 6.07) is -0.744. The molecule has 25 heavy (non-hydrogen) atoms. The molecule has 3 rings (SSSR count). The Hall–Kier alpha value is -1.99. The predicted octanol–water partition coefficient (Wildman–Crippen LogP) is 1.64. The van der Waals surface area contributed by atoms with E-state index in [9.17, 15) is 14.4 Å². The minimum Gasteiger partial charge on any atom is -0.381 e. The van der Waals surface area contributed by atoms with Gasteiger partial charge < -0.3 is 9.47 Å². The molecule has 1 unspecified atom stereocenters. The standard InChI is InChI=1S/C18H24N2O5/c1-2-19-16(21)15(7-3-5-14-6-4-10-25-14)17(22)20(18(19)23)13-8-11-24-12-9-13/h3,5,7,13-14H,2,4,6,8-12H2,1H3/b5-3+,15-7+. The maximum Gasteiger partial charge on any atom is 0.334 e. The van der Waals surface area contributed by atoms with Crippen LogP contribution in [0.4, 0.5) is 4.79 Å². The molecule has 0 aromatic heterocycles. The molecule has 1 atom stereocenters. The number of imide groups is 2. The van der Waals surface area contributed by atoms with Crippen molar-refractivity contribution in [1.29, 1.82) is 0 Å². The van der Waals surface area contributed by atoms with Crippen molar-refractivity contribution < 1.29 is 23.9 Å². The van der Waals surface area contributed by atoms with Crippen LogP contribution in [0.5, 0.6) is 0 Å². The van der Waals surface area contributed by atoms with Gasteiger partial charge in [0.25, 0.3) is 11.8 Å². The number of rotatable bonds is 4. The highest BCUT2D eigenvalue weighted by Crippen LogP contribution is 2.24. The van der Waals surface area contributed by atoms with E-state index in [1.54, 1.807) is 13.0 Å². The molecular formula is C18H24N2O5. The van der Waals surface area contributed by atoms with Gasteiger partial charge in [-0.25, -0.2) is 4.79 Å². The number of hydrogen-bond donors (Lipinski definition) is 0. The molecule has 4 amide bonds. The smallest absolute Gasteiger partial charge is 0.334 e. The highest BCUT2D eigenvalue weighted by Gasteiger charge is 2.44. The average Bonchev–Trinajstić information content (AvgIpc) is 3.13. The maximum atomic E-state index is 12.8.